The molecule has 0 aliphatic carbocycles. The zero-order chi connectivity index (χ0) is 16.3. The Labute approximate surface area is 136 Å². The van der Waals surface area contributed by atoms with Gasteiger partial charge in [0.15, 0.2) is 0 Å². The summed E-state index contributed by atoms with van der Waals surface area (Å²) in [6.07, 6.45) is 5.27. The Kier molecular flexibility index (Phi) is 4.54. The molecular weight excluding hydrogens is 370 g/mol. The summed E-state index contributed by atoms with van der Waals surface area (Å²) in [6, 6.07) is 10.1. The molecule has 2 N–H and O–H groups in total. The molecule has 7 heteroatoms. The van der Waals surface area contributed by atoms with Crippen LogP contribution in [0.5, 0.6) is 0 Å². The van der Waals surface area contributed by atoms with Gasteiger partial charge in [-0.3, -0.25) is 4.72 Å². The van der Waals surface area contributed by atoms with Crippen molar-refractivity contribution in [1.82, 2.24) is 0 Å². The van der Waals surface area contributed by atoms with Crippen LogP contribution in [0.4, 0.5) is 5.69 Å². The maximum atomic E-state index is 12.4. The van der Waals surface area contributed by atoms with Crippen LogP contribution in [0.2, 0.25) is 0 Å². The molecule has 2 rings (SSSR count). The molecular formula is C15H10BrNO4S. The van der Waals surface area contributed by atoms with Crippen LogP contribution in [0.1, 0.15) is 15.9 Å². The molecule has 0 aliphatic heterocycles. The number of aromatic carboxylic acids is 1. The molecule has 22 heavy (non-hydrogen) atoms. The first-order valence-corrected chi connectivity index (χ1v) is 8.23. The Bertz CT molecular complexity index is 885. The summed E-state index contributed by atoms with van der Waals surface area (Å²) < 4.78 is 27.3. The van der Waals surface area contributed by atoms with E-state index in [1.807, 2.05) is 0 Å². The number of benzene rings is 2. The van der Waals surface area contributed by atoms with Crippen LogP contribution in [0.25, 0.3) is 0 Å². The summed E-state index contributed by atoms with van der Waals surface area (Å²) in [4.78, 5) is 10.8. The normalized spacial score (nSPS) is 10.7. The van der Waals surface area contributed by atoms with Gasteiger partial charge < -0.3 is 5.11 Å². The quantitative estimate of drug-likeness (QED) is 0.799. The number of halogens is 1. The highest BCUT2D eigenvalue weighted by Crippen LogP contribution is 2.25. The minimum absolute atomic E-state index is 0.0137. The molecule has 0 aromatic heterocycles. The van der Waals surface area contributed by atoms with Gasteiger partial charge in [-0.2, -0.15) is 0 Å². The Morgan fingerprint density at radius 1 is 1.23 bits per heavy atom. The average molecular weight is 380 g/mol. The van der Waals surface area contributed by atoms with Crippen LogP contribution in [0.3, 0.4) is 0 Å². The lowest BCUT2D eigenvalue weighted by atomic mass is 10.2. The van der Waals surface area contributed by atoms with E-state index < -0.39 is 16.0 Å². The molecule has 0 heterocycles. The van der Waals surface area contributed by atoms with E-state index in [0.29, 0.717) is 11.3 Å². The summed E-state index contributed by atoms with van der Waals surface area (Å²) in [5.41, 5.74) is 0.852. The molecule has 0 radical (unpaired) electrons. The van der Waals surface area contributed by atoms with E-state index in [4.69, 9.17) is 11.5 Å². The Balaban J connectivity index is 2.38. The number of carbonyl (C=O) groups is 1. The number of hydrogen-bond donors (Lipinski definition) is 2. The lowest BCUT2D eigenvalue weighted by molar-refractivity contribution is 0.0696. The number of nitrogens with one attached hydrogen (secondary N) is 1. The van der Waals surface area contributed by atoms with Gasteiger partial charge in [-0.05, 0) is 52.3 Å². The molecule has 2 aromatic rings. The number of terminal acetylenes is 1. The van der Waals surface area contributed by atoms with Crippen LogP contribution in [-0.2, 0) is 10.0 Å². The maximum Gasteiger partial charge on any atom is 0.335 e. The van der Waals surface area contributed by atoms with E-state index in [2.05, 4.69) is 26.6 Å². The number of sulfonamides is 1. The predicted octanol–water partition coefficient (Wildman–Crippen LogP) is 2.93. The zero-order valence-electron chi connectivity index (χ0n) is 11.1. The summed E-state index contributed by atoms with van der Waals surface area (Å²) in [5.74, 6) is 1.28. The van der Waals surface area contributed by atoms with Gasteiger partial charge in [0.2, 0.25) is 0 Å². The minimum atomic E-state index is -3.87. The highest BCUT2D eigenvalue weighted by molar-refractivity contribution is 9.10. The summed E-state index contributed by atoms with van der Waals surface area (Å²) in [7, 11) is -3.87. The highest BCUT2D eigenvalue weighted by atomic mass is 79.9. The van der Waals surface area contributed by atoms with Crippen molar-refractivity contribution in [3.8, 4) is 12.3 Å². The molecule has 0 saturated carbocycles. The van der Waals surface area contributed by atoms with Crippen LogP contribution in [0.15, 0.2) is 51.8 Å². The fraction of sp³-hybridized carbons (Fsp3) is 0. The van der Waals surface area contributed by atoms with Crippen molar-refractivity contribution >= 4 is 37.6 Å². The zero-order valence-corrected chi connectivity index (χ0v) is 13.5. The average Bonchev–Trinajstić information content (AvgIpc) is 2.46. The van der Waals surface area contributed by atoms with E-state index in [9.17, 15) is 13.2 Å². The lowest BCUT2D eigenvalue weighted by Gasteiger charge is -2.10. The number of carboxylic acid groups (broad SMARTS) is 1. The van der Waals surface area contributed by atoms with Crippen LogP contribution >= 0.6 is 15.9 Å². The second-order valence-corrected chi connectivity index (χ2v) is 6.79. The standard InChI is InChI=1S/C15H10BrNO4S/c1-2-10-4-3-5-12(8-10)17-22(20,21)14-7-6-11(15(18)19)9-13(14)16/h1,3-9,17H,(H,18,19). The number of hydrogen-bond acceptors (Lipinski definition) is 3. The van der Waals surface area contributed by atoms with Gasteiger partial charge in [0.05, 0.1) is 11.3 Å². The summed E-state index contributed by atoms with van der Waals surface area (Å²) >= 11 is 3.08. The van der Waals surface area contributed by atoms with Crippen LogP contribution in [-0.4, -0.2) is 19.5 Å². The molecule has 5 nitrogen and oxygen atoms in total. The number of carboxylic acids is 1. The molecule has 0 spiro atoms. The molecule has 0 amide bonds. The third-order valence-corrected chi connectivity index (χ3v) is 5.11. The second-order valence-electron chi connectivity index (χ2n) is 4.28. The topological polar surface area (TPSA) is 83.5 Å². The van der Waals surface area contributed by atoms with E-state index in [1.54, 1.807) is 18.2 Å². The van der Waals surface area contributed by atoms with Crippen molar-refractivity contribution in [2.24, 2.45) is 0 Å². The fourth-order valence-corrected chi connectivity index (χ4v) is 3.86. The third-order valence-electron chi connectivity index (χ3n) is 2.75. The van der Waals surface area contributed by atoms with Crippen molar-refractivity contribution in [2.45, 2.75) is 4.90 Å². The highest BCUT2D eigenvalue weighted by Gasteiger charge is 2.19. The predicted molar refractivity (Wildman–Crippen MR) is 86.3 cm³/mol. The van der Waals surface area contributed by atoms with Crippen molar-refractivity contribution in [2.75, 3.05) is 4.72 Å². The minimum Gasteiger partial charge on any atom is -0.478 e. The molecule has 0 saturated heterocycles. The maximum absolute atomic E-state index is 12.4. The van der Waals surface area contributed by atoms with Gasteiger partial charge in [-0.25, -0.2) is 13.2 Å². The van der Waals surface area contributed by atoms with Gasteiger partial charge in [0.1, 0.15) is 4.90 Å². The first-order valence-electron chi connectivity index (χ1n) is 5.96. The first kappa shape index (κ1) is 16.1. The van der Waals surface area contributed by atoms with Gasteiger partial charge >= 0.3 is 5.97 Å². The van der Waals surface area contributed by atoms with Gasteiger partial charge in [-0.15, -0.1) is 6.42 Å². The number of anilines is 1. The van der Waals surface area contributed by atoms with Crippen molar-refractivity contribution in [1.29, 1.82) is 0 Å². The Morgan fingerprint density at radius 2 is 1.95 bits per heavy atom. The van der Waals surface area contributed by atoms with E-state index in [1.165, 1.54) is 24.3 Å². The molecule has 112 valence electrons. The van der Waals surface area contributed by atoms with Crippen molar-refractivity contribution in [3.63, 3.8) is 0 Å². The van der Waals surface area contributed by atoms with Crippen molar-refractivity contribution in [3.05, 3.63) is 58.1 Å². The lowest BCUT2D eigenvalue weighted by Crippen LogP contribution is -2.14. The molecule has 0 aliphatic rings. The third kappa shape index (κ3) is 3.47. The van der Waals surface area contributed by atoms with Crippen molar-refractivity contribution < 1.29 is 18.3 Å². The second kappa shape index (κ2) is 6.22. The SMILES string of the molecule is C#Cc1cccc(NS(=O)(=O)c2ccc(C(=O)O)cc2Br)c1. The van der Waals surface area contributed by atoms with Gasteiger partial charge in [0, 0.05) is 10.0 Å². The largest absolute Gasteiger partial charge is 0.478 e. The Hall–Kier alpha value is -2.30. The van der Waals surface area contributed by atoms with Crippen LogP contribution in [0, 0.1) is 12.3 Å². The first-order chi connectivity index (χ1) is 10.3. The van der Waals surface area contributed by atoms with E-state index in [-0.39, 0.29) is 14.9 Å². The molecule has 0 unspecified atom stereocenters. The van der Waals surface area contributed by atoms with Gasteiger partial charge in [-0.1, -0.05) is 12.0 Å². The summed E-state index contributed by atoms with van der Waals surface area (Å²) in [6.45, 7) is 0. The fourth-order valence-electron chi connectivity index (χ4n) is 1.73. The van der Waals surface area contributed by atoms with Crippen LogP contribution < -0.4 is 4.72 Å². The van der Waals surface area contributed by atoms with E-state index >= 15 is 0 Å². The summed E-state index contributed by atoms with van der Waals surface area (Å²) in [5, 5.41) is 8.89. The Morgan fingerprint density at radius 3 is 2.55 bits per heavy atom. The molecule has 0 bridgehead atoms. The monoisotopic (exact) mass is 379 g/mol. The molecule has 2 aromatic carbocycles. The van der Waals surface area contributed by atoms with Gasteiger partial charge in [0.25, 0.3) is 10.0 Å². The molecule has 0 atom stereocenters. The number of rotatable bonds is 4. The van der Waals surface area contributed by atoms with E-state index in [0.717, 1.165) is 0 Å². The molecule has 0 fully saturated rings. The smallest absolute Gasteiger partial charge is 0.335 e.